The van der Waals surface area contributed by atoms with Gasteiger partial charge in [-0.15, -0.1) is 0 Å². The molecule has 2 aromatic rings. The molecule has 4 heteroatoms. The molecule has 0 amide bonds. The summed E-state index contributed by atoms with van der Waals surface area (Å²) >= 11 is 5.39. The quantitative estimate of drug-likeness (QED) is 0.674. The Labute approximate surface area is 144 Å². The zero-order chi connectivity index (χ0) is 16.5. The molecule has 0 heterocycles. The van der Waals surface area contributed by atoms with E-state index in [9.17, 15) is 0 Å². The first-order chi connectivity index (χ1) is 11.2. The third kappa shape index (κ3) is 6.00. The molecule has 0 saturated carbocycles. The molecule has 1 atom stereocenters. The Morgan fingerprint density at radius 1 is 0.957 bits per heavy atom. The van der Waals surface area contributed by atoms with E-state index < -0.39 is 0 Å². The topological polar surface area (TPSA) is 28.5 Å². The van der Waals surface area contributed by atoms with Crippen LogP contribution < -0.4 is 15.5 Å². The van der Waals surface area contributed by atoms with Crippen molar-refractivity contribution in [3.63, 3.8) is 0 Å². The lowest BCUT2D eigenvalue weighted by Crippen LogP contribution is -3.07. The van der Waals surface area contributed by atoms with Crippen LogP contribution in [0.1, 0.15) is 17.2 Å². The average molecular weight is 329 g/mol. The molecule has 23 heavy (non-hydrogen) atoms. The van der Waals surface area contributed by atoms with Gasteiger partial charge in [0.1, 0.15) is 6.04 Å². The van der Waals surface area contributed by atoms with Crippen molar-refractivity contribution in [3.05, 3.63) is 71.8 Å². The van der Waals surface area contributed by atoms with Crippen molar-refractivity contribution in [2.45, 2.75) is 12.5 Å². The fraction of sp³-hybridized carbons (Fsp3) is 0.316. The largest absolute Gasteiger partial charge is 0.362 e. The molecule has 0 aliphatic heterocycles. The summed E-state index contributed by atoms with van der Waals surface area (Å²) in [5, 5.41) is 7.36. The smallest absolute Gasteiger partial charge is 0.166 e. The second-order valence-electron chi connectivity index (χ2n) is 5.91. The van der Waals surface area contributed by atoms with Gasteiger partial charge in [-0.25, -0.2) is 0 Å². The molecular weight excluding hydrogens is 302 g/mol. The van der Waals surface area contributed by atoms with Crippen molar-refractivity contribution in [1.82, 2.24) is 10.6 Å². The Morgan fingerprint density at radius 2 is 1.57 bits per heavy atom. The van der Waals surface area contributed by atoms with Crippen LogP contribution >= 0.6 is 12.2 Å². The highest BCUT2D eigenvalue weighted by Gasteiger charge is 2.17. The van der Waals surface area contributed by atoms with Gasteiger partial charge in [0.15, 0.2) is 5.11 Å². The van der Waals surface area contributed by atoms with Gasteiger partial charge in [-0.1, -0.05) is 60.7 Å². The van der Waals surface area contributed by atoms with Crippen LogP contribution in [-0.2, 0) is 6.42 Å². The second-order valence-corrected chi connectivity index (χ2v) is 6.32. The van der Waals surface area contributed by atoms with E-state index in [1.807, 2.05) is 6.07 Å². The Bertz CT molecular complexity index is 584. The SMILES string of the molecule is C[NH+](C)[C@@H](CNC(=S)NCCc1ccccc1)c1ccccc1. The lowest BCUT2D eigenvalue weighted by Gasteiger charge is -2.23. The van der Waals surface area contributed by atoms with Gasteiger partial charge in [-0.3, -0.25) is 0 Å². The number of likely N-dealkylation sites (N-methyl/N-ethyl adjacent to an activating group) is 1. The Hall–Kier alpha value is -1.91. The van der Waals surface area contributed by atoms with Crippen LogP contribution in [0.15, 0.2) is 60.7 Å². The van der Waals surface area contributed by atoms with E-state index in [-0.39, 0.29) is 0 Å². The van der Waals surface area contributed by atoms with Gasteiger partial charge in [0.2, 0.25) is 0 Å². The van der Waals surface area contributed by atoms with Crippen molar-refractivity contribution >= 4 is 17.3 Å². The molecule has 0 spiro atoms. The molecule has 0 saturated heterocycles. The van der Waals surface area contributed by atoms with E-state index in [2.05, 4.69) is 79.3 Å². The fourth-order valence-electron chi connectivity index (χ4n) is 2.56. The van der Waals surface area contributed by atoms with Crippen molar-refractivity contribution in [2.75, 3.05) is 27.2 Å². The van der Waals surface area contributed by atoms with Gasteiger partial charge < -0.3 is 15.5 Å². The van der Waals surface area contributed by atoms with E-state index in [1.165, 1.54) is 16.0 Å². The first kappa shape index (κ1) is 17.4. The highest BCUT2D eigenvalue weighted by atomic mass is 32.1. The highest BCUT2D eigenvalue weighted by molar-refractivity contribution is 7.80. The molecular formula is C19H26N3S+. The monoisotopic (exact) mass is 328 g/mol. The Balaban J connectivity index is 1.76. The zero-order valence-corrected chi connectivity index (χ0v) is 14.7. The van der Waals surface area contributed by atoms with Crippen LogP contribution in [0.25, 0.3) is 0 Å². The molecule has 2 aromatic carbocycles. The number of hydrogen-bond donors (Lipinski definition) is 3. The molecule has 3 nitrogen and oxygen atoms in total. The Kier molecular flexibility index (Phi) is 7.04. The van der Waals surface area contributed by atoms with Crippen LogP contribution in [0.3, 0.4) is 0 Å². The van der Waals surface area contributed by atoms with Crippen molar-refractivity contribution in [1.29, 1.82) is 0 Å². The molecule has 0 unspecified atom stereocenters. The fourth-order valence-corrected chi connectivity index (χ4v) is 2.75. The normalized spacial score (nSPS) is 12.0. The van der Waals surface area contributed by atoms with Crippen molar-refractivity contribution < 1.29 is 4.90 Å². The number of thiocarbonyl (C=S) groups is 1. The van der Waals surface area contributed by atoms with Gasteiger partial charge in [0, 0.05) is 12.1 Å². The molecule has 0 aliphatic carbocycles. The summed E-state index contributed by atoms with van der Waals surface area (Å²) < 4.78 is 0. The number of rotatable bonds is 7. The third-order valence-electron chi connectivity index (χ3n) is 3.91. The van der Waals surface area contributed by atoms with E-state index in [0.29, 0.717) is 6.04 Å². The maximum absolute atomic E-state index is 5.39. The van der Waals surface area contributed by atoms with Crippen LogP contribution in [0.5, 0.6) is 0 Å². The van der Waals surface area contributed by atoms with Gasteiger partial charge in [-0.05, 0) is 24.2 Å². The summed E-state index contributed by atoms with van der Waals surface area (Å²) in [5.41, 5.74) is 2.65. The first-order valence-electron chi connectivity index (χ1n) is 8.07. The third-order valence-corrected chi connectivity index (χ3v) is 4.20. The van der Waals surface area contributed by atoms with E-state index in [4.69, 9.17) is 12.2 Å². The molecule has 122 valence electrons. The van der Waals surface area contributed by atoms with Crippen LogP contribution in [0.2, 0.25) is 0 Å². The van der Waals surface area contributed by atoms with Crippen molar-refractivity contribution in [2.24, 2.45) is 0 Å². The predicted molar refractivity (Wildman–Crippen MR) is 101 cm³/mol. The summed E-state index contributed by atoms with van der Waals surface area (Å²) in [7, 11) is 4.34. The maximum atomic E-state index is 5.39. The molecule has 0 bridgehead atoms. The van der Waals surface area contributed by atoms with E-state index >= 15 is 0 Å². The lowest BCUT2D eigenvalue weighted by molar-refractivity contribution is -0.890. The summed E-state index contributed by atoms with van der Waals surface area (Å²) in [6.45, 7) is 1.67. The predicted octanol–water partition coefficient (Wildman–Crippen LogP) is 1.58. The van der Waals surface area contributed by atoms with E-state index in [1.54, 1.807) is 0 Å². The van der Waals surface area contributed by atoms with Crippen LogP contribution in [0, 0.1) is 0 Å². The standard InChI is InChI=1S/C19H25N3S/c1-22(2)18(17-11-7-4-8-12-17)15-21-19(23)20-14-13-16-9-5-3-6-10-16/h3-12,18H,13-15H2,1-2H3,(H2,20,21,23)/p+1/t18-/m0/s1. The summed E-state index contributed by atoms with van der Waals surface area (Å²) in [6, 6.07) is 21.4. The highest BCUT2D eigenvalue weighted by Crippen LogP contribution is 2.07. The molecule has 2 rings (SSSR count). The van der Waals surface area contributed by atoms with E-state index in [0.717, 1.165) is 24.6 Å². The molecule has 0 aliphatic rings. The minimum atomic E-state index is 0.380. The molecule has 0 radical (unpaired) electrons. The van der Waals surface area contributed by atoms with Crippen LogP contribution in [0.4, 0.5) is 0 Å². The average Bonchev–Trinajstić information content (AvgIpc) is 2.57. The van der Waals surface area contributed by atoms with Gasteiger partial charge in [-0.2, -0.15) is 0 Å². The Morgan fingerprint density at radius 3 is 2.17 bits per heavy atom. The first-order valence-corrected chi connectivity index (χ1v) is 8.48. The molecule has 0 fully saturated rings. The minimum absolute atomic E-state index is 0.380. The molecule has 0 aromatic heterocycles. The number of hydrogen-bond acceptors (Lipinski definition) is 1. The van der Waals surface area contributed by atoms with Gasteiger partial charge >= 0.3 is 0 Å². The number of quaternary nitrogens is 1. The van der Waals surface area contributed by atoms with Gasteiger partial charge in [0.25, 0.3) is 0 Å². The van der Waals surface area contributed by atoms with Gasteiger partial charge in [0.05, 0.1) is 20.6 Å². The summed E-state index contributed by atoms with van der Waals surface area (Å²) in [4.78, 5) is 1.38. The number of nitrogens with one attached hydrogen (secondary N) is 3. The van der Waals surface area contributed by atoms with Crippen molar-refractivity contribution in [3.8, 4) is 0 Å². The minimum Gasteiger partial charge on any atom is -0.362 e. The lowest BCUT2D eigenvalue weighted by atomic mass is 10.1. The van der Waals surface area contributed by atoms with Crippen LogP contribution in [-0.4, -0.2) is 32.3 Å². The number of benzene rings is 2. The molecule has 3 N–H and O–H groups in total. The second kappa shape index (κ2) is 9.28. The maximum Gasteiger partial charge on any atom is 0.166 e. The summed E-state index contributed by atoms with van der Waals surface area (Å²) in [5.74, 6) is 0. The summed E-state index contributed by atoms with van der Waals surface area (Å²) in [6.07, 6.45) is 0.976. The zero-order valence-electron chi connectivity index (χ0n) is 13.9.